The number of sulfonamides is 1. The fourth-order valence-electron chi connectivity index (χ4n) is 2.61. The number of anilines is 1. The smallest absolute Gasteiger partial charge is 0.279 e. The highest BCUT2D eigenvalue weighted by Gasteiger charge is 2.25. The summed E-state index contributed by atoms with van der Waals surface area (Å²) >= 11 is 5.80. The highest BCUT2D eigenvalue weighted by Crippen LogP contribution is 2.19. The van der Waals surface area contributed by atoms with Gasteiger partial charge in [0.25, 0.3) is 15.9 Å². The second kappa shape index (κ2) is 8.70. The van der Waals surface area contributed by atoms with Crippen LogP contribution in [0.3, 0.4) is 0 Å². The van der Waals surface area contributed by atoms with Gasteiger partial charge in [0.1, 0.15) is 0 Å². The maximum absolute atomic E-state index is 12.6. The zero-order valence-electron chi connectivity index (χ0n) is 14.4. The third kappa shape index (κ3) is 5.19. The van der Waals surface area contributed by atoms with Gasteiger partial charge < -0.3 is 10.1 Å². The van der Waals surface area contributed by atoms with Crippen LogP contribution in [-0.4, -0.2) is 68.8 Å². The highest BCUT2D eigenvalue weighted by atomic mass is 35.5. The van der Waals surface area contributed by atoms with E-state index in [1.165, 1.54) is 18.3 Å². The van der Waals surface area contributed by atoms with Crippen molar-refractivity contribution in [3.63, 3.8) is 0 Å². The van der Waals surface area contributed by atoms with Crippen molar-refractivity contribution in [2.24, 2.45) is 0 Å². The van der Waals surface area contributed by atoms with Crippen LogP contribution in [0.25, 0.3) is 0 Å². The number of hydrogen-bond donors (Lipinski definition) is 3. The molecular weight excluding hydrogens is 394 g/mol. The predicted molar refractivity (Wildman–Crippen MR) is 100 cm³/mol. The number of aromatic nitrogens is 2. The van der Waals surface area contributed by atoms with Crippen molar-refractivity contribution in [2.75, 3.05) is 44.1 Å². The summed E-state index contributed by atoms with van der Waals surface area (Å²) in [5.74, 6) is -0.506. The normalized spacial score (nSPS) is 15.4. The Morgan fingerprint density at radius 2 is 1.96 bits per heavy atom. The van der Waals surface area contributed by atoms with Gasteiger partial charge in [0, 0.05) is 36.9 Å². The topological polar surface area (TPSA) is 116 Å². The fourth-order valence-corrected chi connectivity index (χ4v) is 3.89. The van der Waals surface area contributed by atoms with Crippen LogP contribution >= 0.6 is 11.6 Å². The molecule has 1 aromatic heterocycles. The van der Waals surface area contributed by atoms with E-state index >= 15 is 0 Å². The Hall–Kier alpha value is -2.14. The number of benzene rings is 1. The monoisotopic (exact) mass is 413 g/mol. The molecule has 0 aliphatic carbocycles. The molecule has 27 heavy (non-hydrogen) atoms. The van der Waals surface area contributed by atoms with Gasteiger partial charge in [-0.05, 0) is 24.3 Å². The van der Waals surface area contributed by atoms with Crippen molar-refractivity contribution in [2.45, 2.75) is 5.03 Å². The summed E-state index contributed by atoms with van der Waals surface area (Å²) in [4.78, 5) is 14.6. The lowest BCUT2D eigenvalue weighted by Gasteiger charge is -2.26. The second-order valence-electron chi connectivity index (χ2n) is 5.94. The molecule has 3 N–H and O–H groups in total. The van der Waals surface area contributed by atoms with E-state index in [1.54, 1.807) is 12.1 Å². The standard InChI is InChI=1S/C16H20ClN5O4S/c17-12-1-3-13(4-2-12)21-27(24,25)16-14(11-19-20-16)15(23)18-5-6-22-7-9-26-10-8-22/h1-4,11,21H,5-10H2,(H,18,23)(H,19,20). The number of rotatable bonds is 7. The molecule has 0 bridgehead atoms. The van der Waals surface area contributed by atoms with Crippen LogP contribution in [0, 0.1) is 0 Å². The number of carbonyl (C=O) groups excluding carboxylic acids is 1. The van der Waals surface area contributed by atoms with Gasteiger partial charge >= 0.3 is 0 Å². The van der Waals surface area contributed by atoms with Gasteiger partial charge in [0.05, 0.1) is 25.0 Å². The number of aromatic amines is 1. The average Bonchev–Trinajstić information content (AvgIpc) is 3.15. The Balaban J connectivity index is 1.63. The van der Waals surface area contributed by atoms with E-state index in [-0.39, 0.29) is 10.6 Å². The summed E-state index contributed by atoms with van der Waals surface area (Å²) in [6.07, 6.45) is 1.19. The Kier molecular flexibility index (Phi) is 6.32. The molecule has 0 radical (unpaired) electrons. The summed E-state index contributed by atoms with van der Waals surface area (Å²) in [6, 6.07) is 6.17. The molecule has 3 rings (SSSR count). The third-order valence-electron chi connectivity index (χ3n) is 4.03. The molecule has 1 fully saturated rings. The van der Waals surface area contributed by atoms with Crippen molar-refractivity contribution in [1.82, 2.24) is 20.4 Å². The number of ether oxygens (including phenoxy) is 1. The largest absolute Gasteiger partial charge is 0.379 e. The Labute approximate surface area is 162 Å². The van der Waals surface area contributed by atoms with Crippen LogP contribution in [0.5, 0.6) is 0 Å². The van der Waals surface area contributed by atoms with Crippen molar-refractivity contribution in [1.29, 1.82) is 0 Å². The SMILES string of the molecule is O=C(NCCN1CCOCC1)c1cn[nH]c1S(=O)(=O)Nc1ccc(Cl)cc1. The molecule has 0 saturated carbocycles. The van der Waals surface area contributed by atoms with E-state index in [0.29, 0.717) is 37.0 Å². The molecule has 1 amide bonds. The Bertz CT molecular complexity index is 878. The summed E-state index contributed by atoms with van der Waals surface area (Å²) in [6.45, 7) is 4.04. The molecule has 9 nitrogen and oxygen atoms in total. The second-order valence-corrected chi connectivity index (χ2v) is 7.99. The molecule has 1 aliphatic heterocycles. The van der Waals surface area contributed by atoms with E-state index in [1.807, 2.05) is 0 Å². The molecule has 0 spiro atoms. The number of morpholine rings is 1. The molecule has 11 heteroatoms. The van der Waals surface area contributed by atoms with Crippen LogP contribution in [0.15, 0.2) is 35.5 Å². The van der Waals surface area contributed by atoms with Crippen LogP contribution in [0.1, 0.15) is 10.4 Å². The first kappa shape index (κ1) is 19.6. The van der Waals surface area contributed by atoms with Gasteiger partial charge in [-0.15, -0.1) is 0 Å². The molecule has 146 valence electrons. The number of carbonyl (C=O) groups is 1. The van der Waals surface area contributed by atoms with E-state index in [0.717, 1.165) is 13.1 Å². The Morgan fingerprint density at radius 3 is 2.67 bits per heavy atom. The van der Waals surface area contributed by atoms with Gasteiger partial charge in [0.2, 0.25) is 0 Å². The van der Waals surface area contributed by atoms with Gasteiger partial charge in [0.15, 0.2) is 5.03 Å². The highest BCUT2D eigenvalue weighted by molar-refractivity contribution is 7.92. The van der Waals surface area contributed by atoms with Crippen molar-refractivity contribution < 1.29 is 17.9 Å². The molecule has 2 aromatic rings. The Morgan fingerprint density at radius 1 is 1.26 bits per heavy atom. The quantitative estimate of drug-likeness (QED) is 0.621. The maximum atomic E-state index is 12.6. The van der Waals surface area contributed by atoms with Gasteiger partial charge in [-0.2, -0.15) is 13.5 Å². The van der Waals surface area contributed by atoms with Gasteiger partial charge in [-0.25, -0.2) is 0 Å². The predicted octanol–water partition coefficient (Wildman–Crippen LogP) is 0.926. The van der Waals surface area contributed by atoms with Crippen molar-refractivity contribution in [3.05, 3.63) is 41.0 Å². The minimum atomic E-state index is -4.00. The maximum Gasteiger partial charge on any atom is 0.279 e. The van der Waals surface area contributed by atoms with Crippen LogP contribution in [0.2, 0.25) is 5.02 Å². The lowest BCUT2D eigenvalue weighted by molar-refractivity contribution is 0.0383. The van der Waals surface area contributed by atoms with Gasteiger partial charge in [-0.1, -0.05) is 11.6 Å². The van der Waals surface area contributed by atoms with E-state index < -0.39 is 15.9 Å². The molecular formula is C16H20ClN5O4S. The van der Waals surface area contributed by atoms with E-state index in [4.69, 9.17) is 16.3 Å². The molecule has 1 saturated heterocycles. The average molecular weight is 414 g/mol. The first-order valence-electron chi connectivity index (χ1n) is 8.36. The minimum Gasteiger partial charge on any atom is -0.379 e. The molecule has 1 aromatic carbocycles. The molecule has 0 unspecified atom stereocenters. The first-order chi connectivity index (χ1) is 13.0. The summed E-state index contributed by atoms with van der Waals surface area (Å²) in [5.41, 5.74) is 0.283. The lowest BCUT2D eigenvalue weighted by atomic mass is 10.3. The van der Waals surface area contributed by atoms with Crippen LogP contribution < -0.4 is 10.0 Å². The number of halogens is 1. The molecule has 1 aliphatic rings. The lowest BCUT2D eigenvalue weighted by Crippen LogP contribution is -2.41. The zero-order valence-corrected chi connectivity index (χ0v) is 16.0. The summed E-state index contributed by atoms with van der Waals surface area (Å²) in [7, 11) is -4.00. The van der Waals surface area contributed by atoms with Gasteiger partial charge in [-0.3, -0.25) is 19.5 Å². The number of hydrogen-bond acceptors (Lipinski definition) is 6. The van der Waals surface area contributed by atoms with Crippen LogP contribution in [0.4, 0.5) is 5.69 Å². The summed E-state index contributed by atoms with van der Waals surface area (Å²) < 4.78 is 32.8. The fraction of sp³-hybridized carbons (Fsp3) is 0.375. The number of nitrogens with one attached hydrogen (secondary N) is 3. The number of H-pyrrole nitrogens is 1. The minimum absolute atomic E-state index is 0.0431. The summed E-state index contributed by atoms with van der Waals surface area (Å²) in [5, 5.41) is 9.01. The molecule has 2 heterocycles. The van der Waals surface area contributed by atoms with E-state index in [9.17, 15) is 13.2 Å². The van der Waals surface area contributed by atoms with Crippen molar-refractivity contribution in [3.8, 4) is 0 Å². The van der Waals surface area contributed by atoms with E-state index in [2.05, 4.69) is 25.1 Å². The number of nitrogens with zero attached hydrogens (tertiary/aromatic N) is 2. The molecule has 0 atom stereocenters. The first-order valence-corrected chi connectivity index (χ1v) is 10.2. The zero-order chi connectivity index (χ0) is 19.3. The van der Waals surface area contributed by atoms with Crippen molar-refractivity contribution >= 4 is 33.2 Å². The number of amides is 1. The third-order valence-corrected chi connectivity index (χ3v) is 5.64. The van der Waals surface area contributed by atoms with Crippen LogP contribution in [-0.2, 0) is 14.8 Å².